The topological polar surface area (TPSA) is 72.7 Å². The van der Waals surface area contributed by atoms with Gasteiger partial charge in [0.05, 0.1) is 11.4 Å². The molecule has 0 bridgehead atoms. The highest BCUT2D eigenvalue weighted by Gasteiger charge is 2.22. The summed E-state index contributed by atoms with van der Waals surface area (Å²) in [5, 5.41) is 16.3. The van der Waals surface area contributed by atoms with Crippen molar-refractivity contribution < 1.29 is 9.18 Å². The first kappa shape index (κ1) is 18.3. The van der Waals surface area contributed by atoms with Crippen LogP contribution in [0.1, 0.15) is 16.1 Å². The summed E-state index contributed by atoms with van der Waals surface area (Å²) in [4.78, 5) is 12.7. The first-order valence-electron chi connectivity index (χ1n) is 8.24. The van der Waals surface area contributed by atoms with Gasteiger partial charge in [0.15, 0.2) is 0 Å². The lowest BCUT2D eigenvalue weighted by Crippen LogP contribution is -2.13. The van der Waals surface area contributed by atoms with Crippen LogP contribution in [0.2, 0.25) is 5.15 Å². The molecule has 4 aromatic rings. The molecular weight excluding hydrogens is 401 g/mol. The predicted octanol–water partition coefficient (Wildman–Crippen LogP) is 4.74. The number of carbonyl (C=O) groups is 1. The van der Waals surface area contributed by atoms with Gasteiger partial charge in [-0.25, -0.2) is 9.07 Å². The number of nitrogens with one attached hydrogen (secondary N) is 1. The molecule has 6 nitrogen and oxygen atoms in total. The van der Waals surface area contributed by atoms with E-state index in [1.54, 1.807) is 6.92 Å². The van der Waals surface area contributed by atoms with Crippen LogP contribution in [0.15, 0.2) is 54.6 Å². The Hall–Kier alpha value is -3.10. The van der Waals surface area contributed by atoms with Crippen molar-refractivity contribution in [1.29, 1.82) is 0 Å². The molecule has 0 saturated heterocycles. The van der Waals surface area contributed by atoms with E-state index >= 15 is 0 Å². The molecule has 9 heteroatoms. The van der Waals surface area contributed by atoms with Crippen molar-refractivity contribution >= 4 is 34.0 Å². The lowest BCUT2D eigenvalue weighted by molar-refractivity contribution is 0.102. The molecule has 0 fully saturated rings. The van der Waals surface area contributed by atoms with Crippen molar-refractivity contribution in [2.45, 2.75) is 6.92 Å². The summed E-state index contributed by atoms with van der Waals surface area (Å²) in [6.45, 7) is 1.68. The van der Waals surface area contributed by atoms with Crippen LogP contribution in [0.25, 0.3) is 16.3 Å². The molecule has 2 heterocycles. The number of aryl methyl sites for hydroxylation is 1. The van der Waals surface area contributed by atoms with Crippen molar-refractivity contribution in [3.63, 3.8) is 0 Å². The summed E-state index contributed by atoms with van der Waals surface area (Å²) in [7, 11) is 0. The summed E-state index contributed by atoms with van der Waals surface area (Å²) >= 11 is 7.64. The first-order chi connectivity index (χ1) is 13.5. The van der Waals surface area contributed by atoms with Gasteiger partial charge in [-0.2, -0.15) is 5.10 Å². The maximum absolute atomic E-state index is 13.1. The van der Waals surface area contributed by atoms with E-state index in [9.17, 15) is 9.18 Å². The zero-order chi connectivity index (χ0) is 19.7. The Labute approximate surface area is 168 Å². The smallest absolute Gasteiger partial charge is 0.262 e. The first-order valence-corrected chi connectivity index (χ1v) is 9.43. The number of nitrogens with zero attached hydrogens (tertiary/aromatic N) is 4. The SMILES string of the molecule is Cc1nn(-c2ccc(F)cc2)c(Cl)c1C(=O)Nc1nnc(-c2ccccc2)s1. The van der Waals surface area contributed by atoms with E-state index in [1.807, 2.05) is 30.3 Å². The molecule has 0 saturated carbocycles. The van der Waals surface area contributed by atoms with Crippen LogP contribution in [0.5, 0.6) is 0 Å². The lowest BCUT2D eigenvalue weighted by Gasteiger charge is -2.03. The van der Waals surface area contributed by atoms with Gasteiger partial charge in [-0.1, -0.05) is 53.3 Å². The molecule has 140 valence electrons. The Bertz CT molecular complexity index is 1140. The van der Waals surface area contributed by atoms with E-state index in [1.165, 1.54) is 40.3 Å². The minimum atomic E-state index is -0.438. The fraction of sp³-hybridized carbons (Fsp3) is 0.0526. The molecular formula is C19H13ClFN5OS. The van der Waals surface area contributed by atoms with Crippen LogP contribution in [-0.2, 0) is 0 Å². The summed E-state index contributed by atoms with van der Waals surface area (Å²) in [6, 6.07) is 15.2. The minimum absolute atomic E-state index is 0.134. The van der Waals surface area contributed by atoms with E-state index in [4.69, 9.17) is 11.6 Å². The van der Waals surface area contributed by atoms with Gasteiger partial charge in [-0.15, -0.1) is 10.2 Å². The highest BCUT2D eigenvalue weighted by atomic mass is 35.5. The zero-order valence-corrected chi connectivity index (χ0v) is 16.1. The van der Waals surface area contributed by atoms with Gasteiger partial charge >= 0.3 is 0 Å². The zero-order valence-electron chi connectivity index (χ0n) is 14.6. The van der Waals surface area contributed by atoms with Crippen LogP contribution < -0.4 is 5.32 Å². The maximum Gasteiger partial charge on any atom is 0.262 e. The summed E-state index contributed by atoms with van der Waals surface area (Å²) < 4.78 is 14.5. The molecule has 1 amide bonds. The normalized spacial score (nSPS) is 10.8. The lowest BCUT2D eigenvalue weighted by atomic mass is 10.2. The van der Waals surface area contributed by atoms with Crippen molar-refractivity contribution in [2.75, 3.05) is 5.32 Å². The third-order valence-electron chi connectivity index (χ3n) is 3.97. The van der Waals surface area contributed by atoms with Crippen molar-refractivity contribution in [2.24, 2.45) is 0 Å². The number of benzene rings is 2. The number of hydrogen-bond acceptors (Lipinski definition) is 5. The quantitative estimate of drug-likeness (QED) is 0.524. The van der Waals surface area contributed by atoms with Gasteiger partial charge in [0.1, 0.15) is 21.5 Å². The molecule has 2 aromatic heterocycles. The second kappa shape index (κ2) is 7.49. The Morgan fingerprint density at radius 2 is 1.82 bits per heavy atom. The van der Waals surface area contributed by atoms with E-state index in [0.29, 0.717) is 21.5 Å². The fourth-order valence-corrected chi connectivity index (χ4v) is 3.74. The minimum Gasteiger partial charge on any atom is -0.296 e. The molecule has 2 aromatic carbocycles. The molecule has 0 aliphatic heterocycles. The van der Waals surface area contributed by atoms with Crippen LogP contribution >= 0.6 is 22.9 Å². The highest BCUT2D eigenvalue weighted by Crippen LogP contribution is 2.28. The Kier molecular flexibility index (Phi) is 4.89. The summed E-state index contributed by atoms with van der Waals surface area (Å²) in [6.07, 6.45) is 0. The third kappa shape index (κ3) is 3.51. The molecule has 4 rings (SSSR count). The van der Waals surface area contributed by atoms with Crippen LogP contribution in [-0.4, -0.2) is 25.9 Å². The van der Waals surface area contributed by atoms with Gasteiger partial charge < -0.3 is 0 Å². The van der Waals surface area contributed by atoms with Gasteiger partial charge in [0.25, 0.3) is 5.91 Å². The van der Waals surface area contributed by atoms with Gasteiger partial charge in [-0.3, -0.25) is 10.1 Å². The average Bonchev–Trinajstić information content (AvgIpc) is 3.27. The van der Waals surface area contributed by atoms with E-state index in [2.05, 4.69) is 20.6 Å². The molecule has 0 unspecified atom stereocenters. The highest BCUT2D eigenvalue weighted by molar-refractivity contribution is 7.18. The Morgan fingerprint density at radius 1 is 1.11 bits per heavy atom. The second-order valence-corrected chi connectivity index (χ2v) is 7.21. The predicted molar refractivity (Wildman–Crippen MR) is 107 cm³/mol. The van der Waals surface area contributed by atoms with Crippen LogP contribution in [0.4, 0.5) is 9.52 Å². The number of amides is 1. The number of rotatable bonds is 4. The average molecular weight is 414 g/mol. The molecule has 0 radical (unpaired) electrons. The molecule has 0 aliphatic carbocycles. The largest absolute Gasteiger partial charge is 0.296 e. The van der Waals surface area contributed by atoms with E-state index in [-0.39, 0.29) is 16.5 Å². The monoisotopic (exact) mass is 413 g/mol. The van der Waals surface area contributed by atoms with Gasteiger partial charge in [0, 0.05) is 5.56 Å². The Balaban J connectivity index is 1.59. The van der Waals surface area contributed by atoms with Gasteiger partial charge in [-0.05, 0) is 31.2 Å². The summed E-state index contributed by atoms with van der Waals surface area (Å²) in [5.74, 6) is -0.807. The number of hydrogen-bond donors (Lipinski definition) is 1. The molecule has 0 aliphatic rings. The van der Waals surface area contributed by atoms with Crippen molar-refractivity contribution in [3.05, 3.63) is 76.8 Å². The standard InChI is InChI=1S/C19H13ClFN5OS/c1-11-15(16(20)26(25-11)14-9-7-13(21)8-10-14)17(27)22-19-24-23-18(28-19)12-5-3-2-4-6-12/h2-10H,1H3,(H,22,24,27). The van der Waals surface area contributed by atoms with Crippen molar-refractivity contribution in [3.8, 4) is 16.3 Å². The number of aromatic nitrogens is 4. The molecule has 28 heavy (non-hydrogen) atoms. The Morgan fingerprint density at radius 3 is 2.54 bits per heavy atom. The number of anilines is 1. The third-order valence-corrected chi connectivity index (χ3v) is 5.21. The van der Waals surface area contributed by atoms with E-state index < -0.39 is 5.91 Å². The van der Waals surface area contributed by atoms with Crippen LogP contribution in [0.3, 0.4) is 0 Å². The molecule has 1 N–H and O–H groups in total. The van der Waals surface area contributed by atoms with Crippen molar-refractivity contribution in [1.82, 2.24) is 20.0 Å². The molecule has 0 spiro atoms. The maximum atomic E-state index is 13.1. The second-order valence-electron chi connectivity index (χ2n) is 5.87. The van der Waals surface area contributed by atoms with Gasteiger partial charge in [0.2, 0.25) is 5.13 Å². The molecule has 0 atom stereocenters. The number of halogens is 2. The number of carbonyl (C=O) groups excluding carboxylic acids is 1. The van der Waals surface area contributed by atoms with E-state index in [0.717, 1.165) is 5.56 Å². The fourth-order valence-electron chi connectivity index (χ4n) is 2.64. The summed E-state index contributed by atoms with van der Waals surface area (Å²) in [5.41, 5.74) is 2.14. The van der Waals surface area contributed by atoms with Crippen LogP contribution in [0, 0.1) is 12.7 Å².